The molecule has 1 heteroatoms. The first-order valence-electron chi connectivity index (χ1n) is 6.46. The number of nitrogens with two attached hydrogens (primary N) is 1. The van der Waals surface area contributed by atoms with Crippen LogP contribution in [0, 0.1) is 11.8 Å². The third-order valence-electron chi connectivity index (χ3n) is 3.09. The van der Waals surface area contributed by atoms with Gasteiger partial charge in [-0.1, -0.05) is 57.0 Å². The maximum atomic E-state index is 5.84. The molecule has 1 aromatic rings. The highest BCUT2D eigenvalue weighted by Gasteiger charge is 2.07. The Morgan fingerprint density at radius 3 is 2.31 bits per heavy atom. The average Bonchev–Trinajstić information content (AvgIpc) is 2.28. The molecule has 0 spiro atoms. The molecular formula is C15H25N. The lowest BCUT2D eigenvalue weighted by Crippen LogP contribution is -2.17. The van der Waals surface area contributed by atoms with Gasteiger partial charge in [0.1, 0.15) is 0 Å². The minimum absolute atomic E-state index is 0.654. The van der Waals surface area contributed by atoms with Crippen LogP contribution >= 0.6 is 0 Å². The Bertz CT molecular complexity index is 266. The molecule has 90 valence electrons. The smallest absolute Gasteiger partial charge is 0.00457 e. The van der Waals surface area contributed by atoms with Gasteiger partial charge in [0, 0.05) is 0 Å². The molecule has 1 rings (SSSR count). The maximum Gasteiger partial charge on any atom is -0.00457 e. The molecule has 0 aromatic heterocycles. The molecule has 2 N–H and O–H groups in total. The number of hydrogen-bond acceptors (Lipinski definition) is 1. The van der Waals surface area contributed by atoms with Crippen LogP contribution < -0.4 is 5.73 Å². The van der Waals surface area contributed by atoms with Crippen molar-refractivity contribution in [3.05, 3.63) is 35.9 Å². The molecule has 1 aromatic carbocycles. The van der Waals surface area contributed by atoms with Gasteiger partial charge in [-0.2, -0.15) is 0 Å². The first-order chi connectivity index (χ1) is 7.72. The zero-order valence-corrected chi connectivity index (χ0v) is 10.7. The van der Waals surface area contributed by atoms with Gasteiger partial charge in [-0.25, -0.2) is 0 Å². The maximum absolute atomic E-state index is 5.84. The van der Waals surface area contributed by atoms with Gasteiger partial charge in [0.05, 0.1) is 0 Å². The van der Waals surface area contributed by atoms with E-state index >= 15 is 0 Å². The van der Waals surface area contributed by atoms with Crippen LogP contribution in [0.3, 0.4) is 0 Å². The minimum Gasteiger partial charge on any atom is -0.330 e. The van der Waals surface area contributed by atoms with E-state index in [9.17, 15) is 0 Å². The predicted octanol–water partition coefficient (Wildman–Crippen LogP) is 3.63. The summed E-state index contributed by atoms with van der Waals surface area (Å²) in [6.07, 6.45) is 5.04. The lowest BCUT2D eigenvalue weighted by molar-refractivity contribution is 0.437. The highest BCUT2D eigenvalue weighted by atomic mass is 14.5. The Hall–Kier alpha value is -0.820. The normalized spacial score (nSPS) is 13.0. The van der Waals surface area contributed by atoms with Crippen LogP contribution in [0.5, 0.6) is 0 Å². The van der Waals surface area contributed by atoms with Gasteiger partial charge < -0.3 is 5.73 Å². The van der Waals surface area contributed by atoms with Crippen LogP contribution in [-0.2, 0) is 6.42 Å². The third-order valence-corrected chi connectivity index (χ3v) is 3.09. The van der Waals surface area contributed by atoms with Crippen LogP contribution in [0.2, 0.25) is 0 Å². The monoisotopic (exact) mass is 219 g/mol. The molecule has 1 atom stereocenters. The lowest BCUT2D eigenvalue weighted by Gasteiger charge is -2.15. The number of benzene rings is 1. The average molecular weight is 219 g/mol. The molecule has 0 amide bonds. The van der Waals surface area contributed by atoms with Gasteiger partial charge in [-0.3, -0.25) is 0 Å². The van der Waals surface area contributed by atoms with Crippen LogP contribution in [0.25, 0.3) is 0 Å². The molecule has 0 saturated carbocycles. The van der Waals surface area contributed by atoms with Crippen LogP contribution in [-0.4, -0.2) is 6.54 Å². The molecule has 0 bridgehead atoms. The summed E-state index contributed by atoms with van der Waals surface area (Å²) in [5, 5.41) is 0. The highest BCUT2D eigenvalue weighted by Crippen LogP contribution is 2.16. The van der Waals surface area contributed by atoms with E-state index in [1.165, 1.54) is 24.8 Å². The molecule has 0 aliphatic heterocycles. The van der Waals surface area contributed by atoms with Crippen molar-refractivity contribution in [1.29, 1.82) is 0 Å². The van der Waals surface area contributed by atoms with E-state index < -0.39 is 0 Å². The van der Waals surface area contributed by atoms with E-state index in [2.05, 4.69) is 44.2 Å². The van der Waals surface area contributed by atoms with E-state index in [0.717, 1.165) is 18.9 Å². The van der Waals surface area contributed by atoms with Gasteiger partial charge >= 0.3 is 0 Å². The quantitative estimate of drug-likeness (QED) is 0.744. The summed E-state index contributed by atoms with van der Waals surface area (Å²) in [6, 6.07) is 10.7. The number of rotatable bonds is 7. The van der Waals surface area contributed by atoms with Gasteiger partial charge in [-0.05, 0) is 36.8 Å². The van der Waals surface area contributed by atoms with Crippen molar-refractivity contribution in [2.45, 2.75) is 39.5 Å². The SMILES string of the molecule is CC(C)CCCC(CN)Cc1ccccc1. The molecule has 0 aliphatic carbocycles. The van der Waals surface area contributed by atoms with Crippen molar-refractivity contribution in [2.24, 2.45) is 17.6 Å². The first kappa shape index (κ1) is 13.2. The fourth-order valence-electron chi connectivity index (χ4n) is 2.07. The zero-order valence-electron chi connectivity index (χ0n) is 10.7. The summed E-state index contributed by atoms with van der Waals surface area (Å²) >= 11 is 0. The fourth-order valence-corrected chi connectivity index (χ4v) is 2.07. The summed E-state index contributed by atoms with van der Waals surface area (Å²) in [5.74, 6) is 1.47. The van der Waals surface area contributed by atoms with Crippen molar-refractivity contribution in [3.63, 3.8) is 0 Å². The molecule has 0 radical (unpaired) electrons. The van der Waals surface area contributed by atoms with Crippen molar-refractivity contribution in [1.82, 2.24) is 0 Å². The van der Waals surface area contributed by atoms with Gasteiger partial charge in [0.25, 0.3) is 0 Å². The summed E-state index contributed by atoms with van der Waals surface area (Å²) in [5.41, 5.74) is 7.26. The molecule has 1 unspecified atom stereocenters. The second kappa shape index (κ2) is 7.45. The van der Waals surface area contributed by atoms with E-state index in [-0.39, 0.29) is 0 Å². The summed E-state index contributed by atoms with van der Waals surface area (Å²) in [7, 11) is 0. The highest BCUT2D eigenvalue weighted by molar-refractivity contribution is 5.15. The van der Waals surface area contributed by atoms with Gasteiger partial charge in [-0.15, -0.1) is 0 Å². The van der Waals surface area contributed by atoms with Crippen molar-refractivity contribution < 1.29 is 0 Å². The lowest BCUT2D eigenvalue weighted by atomic mass is 9.92. The Morgan fingerprint density at radius 1 is 1.06 bits per heavy atom. The molecule has 16 heavy (non-hydrogen) atoms. The van der Waals surface area contributed by atoms with Crippen molar-refractivity contribution in [2.75, 3.05) is 6.54 Å². The van der Waals surface area contributed by atoms with Crippen molar-refractivity contribution >= 4 is 0 Å². The molecule has 0 aliphatic rings. The fraction of sp³-hybridized carbons (Fsp3) is 0.600. The third kappa shape index (κ3) is 5.32. The van der Waals surface area contributed by atoms with E-state index in [4.69, 9.17) is 5.73 Å². The first-order valence-corrected chi connectivity index (χ1v) is 6.46. The molecule has 0 heterocycles. The largest absolute Gasteiger partial charge is 0.330 e. The predicted molar refractivity (Wildman–Crippen MR) is 71.4 cm³/mol. The summed E-state index contributed by atoms with van der Waals surface area (Å²) in [4.78, 5) is 0. The van der Waals surface area contributed by atoms with Crippen LogP contribution in [0.4, 0.5) is 0 Å². The van der Waals surface area contributed by atoms with Crippen molar-refractivity contribution in [3.8, 4) is 0 Å². The number of hydrogen-bond donors (Lipinski definition) is 1. The Kier molecular flexibility index (Phi) is 6.17. The van der Waals surface area contributed by atoms with Crippen LogP contribution in [0.15, 0.2) is 30.3 Å². The Balaban J connectivity index is 2.32. The van der Waals surface area contributed by atoms with E-state index in [1.807, 2.05) is 0 Å². The Labute approximate surface area is 100 Å². The second-order valence-corrected chi connectivity index (χ2v) is 5.12. The molecule has 0 fully saturated rings. The van der Waals surface area contributed by atoms with Crippen LogP contribution in [0.1, 0.15) is 38.7 Å². The molecule has 0 saturated heterocycles. The topological polar surface area (TPSA) is 26.0 Å². The molecular weight excluding hydrogens is 194 g/mol. The minimum atomic E-state index is 0.654. The molecule has 1 nitrogen and oxygen atoms in total. The summed E-state index contributed by atoms with van der Waals surface area (Å²) in [6.45, 7) is 5.39. The van der Waals surface area contributed by atoms with E-state index in [0.29, 0.717) is 5.92 Å². The van der Waals surface area contributed by atoms with Gasteiger partial charge in [0.2, 0.25) is 0 Å². The van der Waals surface area contributed by atoms with E-state index in [1.54, 1.807) is 0 Å². The second-order valence-electron chi connectivity index (χ2n) is 5.12. The standard InChI is InChI=1S/C15H25N/c1-13(2)7-6-10-15(12-16)11-14-8-4-3-5-9-14/h3-5,8-9,13,15H,6-7,10-12,16H2,1-2H3. The summed E-state index contributed by atoms with van der Waals surface area (Å²) < 4.78 is 0. The Morgan fingerprint density at radius 2 is 1.75 bits per heavy atom. The van der Waals surface area contributed by atoms with Gasteiger partial charge in [0.15, 0.2) is 0 Å². The zero-order chi connectivity index (χ0) is 11.8.